The molecule has 0 aromatic rings. The molecule has 0 amide bonds. The van der Waals surface area contributed by atoms with Crippen LogP contribution in [-0.2, 0) is 0 Å². The highest BCUT2D eigenvalue weighted by molar-refractivity contribution is 5.25. The Morgan fingerprint density at radius 1 is 1.08 bits per heavy atom. The van der Waals surface area contributed by atoms with Crippen molar-refractivity contribution in [1.82, 2.24) is 0 Å². The fourth-order valence-electron chi connectivity index (χ4n) is 1.90. The van der Waals surface area contributed by atoms with E-state index in [1.807, 2.05) is 0 Å². The summed E-state index contributed by atoms with van der Waals surface area (Å²) in [5.74, 6) is 0. The van der Waals surface area contributed by atoms with Crippen LogP contribution in [0.4, 0.5) is 0 Å². The molecule has 1 aliphatic rings. The summed E-state index contributed by atoms with van der Waals surface area (Å²) in [5, 5.41) is 0. The predicted molar refractivity (Wildman–Crippen MR) is 59.4 cm³/mol. The van der Waals surface area contributed by atoms with Crippen molar-refractivity contribution in [2.75, 3.05) is 6.54 Å². The van der Waals surface area contributed by atoms with Gasteiger partial charge in [-0.05, 0) is 32.4 Å². The lowest BCUT2D eigenvalue weighted by atomic mass is 10.0. The maximum Gasteiger partial charge on any atom is 0.0592 e. The van der Waals surface area contributed by atoms with Crippen LogP contribution in [-0.4, -0.2) is 13.3 Å². The van der Waals surface area contributed by atoms with Gasteiger partial charge in [-0.25, -0.2) is 0 Å². The van der Waals surface area contributed by atoms with Gasteiger partial charge in [-0.3, -0.25) is 4.99 Å². The zero-order valence-corrected chi connectivity index (χ0v) is 8.60. The minimum atomic E-state index is 0.861. The zero-order chi connectivity index (χ0) is 9.36. The van der Waals surface area contributed by atoms with Crippen LogP contribution in [0.25, 0.3) is 0 Å². The summed E-state index contributed by atoms with van der Waals surface area (Å²) in [4.78, 5) is 3.97. The maximum atomic E-state index is 3.97. The van der Waals surface area contributed by atoms with Crippen molar-refractivity contribution in [3.63, 3.8) is 0 Å². The van der Waals surface area contributed by atoms with Crippen LogP contribution in [0.15, 0.2) is 16.6 Å². The SMILES string of the molecule is C=NC/C1=C/CCCCCCCC1. The van der Waals surface area contributed by atoms with Gasteiger partial charge in [0.25, 0.3) is 0 Å². The van der Waals surface area contributed by atoms with Gasteiger partial charge < -0.3 is 0 Å². The minimum Gasteiger partial charge on any atom is -0.297 e. The predicted octanol–water partition coefficient (Wildman–Crippen LogP) is 3.75. The molecule has 0 unspecified atom stereocenters. The lowest BCUT2D eigenvalue weighted by molar-refractivity contribution is 0.583. The normalized spacial score (nSPS) is 24.5. The first kappa shape index (κ1) is 10.5. The smallest absolute Gasteiger partial charge is 0.0592 e. The van der Waals surface area contributed by atoms with Crippen molar-refractivity contribution in [3.8, 4) is 0 Å². The number of hydrogen-bond donors (Lipinski definition) is 0. The van der Waals surface area contributed by atoms with Gasteiger partial charge in [-0.15, -0.1) is 0 Å². The highest BCUT2D eigenvalue weighted by Gasteiger charge is 1.99. The van der Waals surface area contributed by atoms with Gasteiger partial charge >= 0.3 is 0 Å². The third-order valence-electron chi connectivity index (χ3n) is 2.70. The van der Waals surface area contributed by atoms with Crippen LogP contribution < -0.4 is 0 Å². The quantitative estimate of drug-likeness (QED) is 0.452. The first-order valence-corrected chi connectivity index (χ1v) is 5.54. The number of aliphatic imine (C=N–C) groups is 1. The molecule has 0 aliphatic heterocycles. The van der Waals surface area contributed by atoms with E-state index in [1.165, 1.54) is 56.9 Å². The van der Waals surface area contributed by atoms with E-state index in [0.29, 0.717) is 0 Å². The monoisotopic (exact) mass is 179 g/mol. The first-order chi connectivity index (χ1) is 6.43. The van der Waals surface area contributed by atoms with Crippen LogP contribution in [0.1, 0.15) is 51.4 Å². The van der Waals surface area contributed by atoms with Crippen LogP contribution in [0.5, 0.6) is 0 Å². The van der Waals surface area contributed by atoms with Crippen molar-refractivity contribution < 1.29 is 0 Å². The Kier molecular flexibility index (Phi) is 5.55. The lowest BCUT2D eigenvalue weighted by Crippen LogP contribution is -1.92. The van der Waals surface area contributed by atoms with Crippen molar-refractivity contribution in [2.24, 2.45) is 4.99 Å². The Morgan fingerprint density at radius 2 is 1.77 bits per heavy atom. The molecule has 0 radical (unpaired) electrons. The molecular formula is C12H21N. The average Bonchev–Trinajstić information content (AvgIpc) is 2.16. The van der Waals surface area contributed by atoms with Crippen molar-refractivity contribution in [3.05, 3.63) is 11.6 Å². The maximum absolute atomic E-state index is 3.97. The van der Waals surface area contributed by atoms with Crippen LogP contribution in [0.2, 0.25) is 0 Å². The molecule has 1 nitrogen and oxygen atoms in total. The van der Waals surface area contributed by atoms with E-state index in [2.05, 4.69) is 17.8 Å². The summed E-state index contributed by atoms with van der Waals surface area (Å²) in [6.45, 7) is 4.42. The van der Waals surface area contributed by atoms with E-state index in [0.717, 1.165) is 6.54 Å². The highest BCUT2D eigenvalue weighted by Crippen LogP contribution is 2.16. The van der Waals surface area contributed by atoms with E-state index in [1.54, 1.807) is 0 Å². The summed E-state index contributed by atoms with van der Waals surface area (Å²) in [6, 6.07) is 0. The summed E-state index contributed by atoms with van der Waals surface area (Å²) >= 11 is 0. The zero-order valence-electron chi connectivity index (χ0n) is 8.60. The van der Waals surface area contributed by atoms with Crippen molar-refractivity contribution in [1.29, 1.82) is 0 Å². The van der Waals surface area contributed by atoms with E-state index >= 15 is 0 Å². The minimum absolute atomic E-state index is 0.861. The largest absolute Gasteiger partial charge is 0.297 e. The van der Waals surface area contributed by atoms with Crippen LogP contribution in [0.3, 0.4) is 0 Å². The van der Waals surface area contributed by atoms with E-state index in [-0.39, 0.29) is 0 Å². The number of nitrogens with zero attached hydrogens (tertiary/aromatic N) is 1. The van der Waals surface area contributed by atoms with Gasteiger partial charge in [0.05, 0.1) is 6.54 Å². The lowest BCUT2D eigenvalue weighted by Gasteiger charge is -2.08. The summed E-state index contributed by atoms with van der Waals surface area (Å²) in [7, 11) is 0. The Labute approximate surface area is 82.0 Å². The Morgan fingerprint density at radius 3 is 2.54 bits per heavy atom. The molecular weight excluding hydrogens is 158 g/mol. The second kappa shape index (κ2) is 6.88. The van der Waals surface area contributed by atoms with E-state index in [4.69, 9.17) is 0 Å². The fraction of sp³-hybridized carbons (Fsp3) is 0.750. The summed E-state index contributed by atoms with van der Waals surface area (Å²) in [5.41, 5.74) is 1.51. The molecule has 0 saturated heterocycles. The molecule has 1 aliphatic carbocycles. The Bertz CT molecular complexity index is 170. The molecule has 0 fully saturated rings. The fourth-order valence-corrected chi connectivity index (χ4v) is 1.90. The van der Waals surface area contributed by atoms with Gasteiger partial charge in [0.2, 0.25) is 0 Å². The van der Waals surface area contributed by atoms with E-state index < -0.39 is 0 Å². The molecule has 1 heteroatoms. The van der Waals surface area contributed by atoms with Gasteiger partial charge in [0, 0.05) is 0 Å². The van der Waals surface area contributed by atoms with Crippen LogP contribution >= 0.6 is 0 Å². The number of allylic oxidation sites excluding steroid dienone is 1. The third-order valence-corrected chi connectivity index (χ3v) is 2.70. The highest BCUT2D eigenvalue weighted by atomic mass is 14.7. The van der Waals surface area contributed by atoms with Crippen molar-refractivity contribution in [2.45, 2.75) is 51.4 Å². The molecule has 0 aromatic carbocycles. The molecule has 0 spiro atoms. The number of hydrogen-bond acceptors (Lipinski definition) is 1. The van der Waals surface area contributed by atoms with Crippen molar-refractivity contribution >= 4 is 6.72 Å². The first-order valence-electron chi connectivity index (χ1n) is 5.54. The standard InChI is InChI=1S/C12H21N/c1-13-11-12-9-7-5-3-2-4-6-8-10-12/h9H,1-8,10-11H2/b12-9+. The third kappa shape index (κ3) is 4.87. The Hall–Kier alpha value is -0.590. The molecule has 0 heterocycles. The van der Waals surface area contributed by atoms with Gasteiger partial charge in [0.15, 0.2) is 0 Å². The van der Waals surface area contributed by atoms with Crippen LogP contribution in [0, 0.1) is 0 Å². The molecule has 0 saturated carbocycles. The molecule has 0 atom stereocenters. The summed E-state index contributed by atoms with van der Waals surface area (Å²) < 4.78 is 0. The molecule has 13 heavy (non-hydrogen) atoms. The molecule has 0 N–H and O–H groups in total. The van der Waals surface area contributed by atoms with Gasteiger partial charge in [-0.1, -0.05) is 37.3 Å². The number of rotatable bonds is 2. The topological polar surface area (TPSA) is 12.4 Å². The molecule has 0 aromatic heterocycles. The average molecular weight is 179 g/mol. The van der Waals surface area contributed by atoms with Gasteiger partial charge in [0.1, 0.15) is 0 Å². The van der Waals surface area contributed by atoms with E-state index in [9.17, 15) is 0 Å². The second-order valence-electron chi connectivity index (χ2n) is 3.90. The molecule has 0 bridgehead atoms. The van der Waals surface area contributed by atoms with Gasteiger partial charge in [-0.2, -0.15) is 0 Å². The summed E-state index contributed by atoms with van der Waals surface area (Å²) in [6.07, 6.45) is 13.3. The molecule has 1 rings (SSSR count). The Balaban J connectivity index is 2.37. The second-order valence-corrected chi connectivity index (χ2v) is 3.90. The molecule has 74 valence electrons.